The monoisotopic (exact) mass is 418 g/mol. The summed E-state index contributed by atoms with van der Waals surface area (Å²) in [6.45, 7) is 10.3. The van der Waals surface area contributed by atoms with E-state index in [1.807, 2.05) is 52.8 Å². The smallest absolute Gasteiger partial charge is 0.309 e. The Morgan fingerprint density at radius 2 is 1.93 bits per heavy atom. The Bertz CT molecular complexity index is 803. The van der Waals surface area contributed by atoms with Gasteiger partial charge in [-0.3, -0.25) is 14.4 Å². The van der Waals surface area contributed by atoms with Crippen molar-refractivity contribution in [3.05, 3.63) is 34.9 Å². The van der Waals surface area contributed by atoms with Crippen molar-refractivity contribution in [2.75, 3.05) is 5.88 Å². The first-order chi connectivity index (χ1) is 13.7. The molecule has 0 saturated carbocycles. The number of rotatable bonds is 5. The zero-order chi connectivity index (χ0) is 21.3. The molecule has 1 aromatic rings. The highest BCUT2D eigenvalue weighted by Crippen LogP contribution is 2.40. The Kier molecular flexibility index (Phi) is 6.27. The molecule has 0 aromatic heterocycles. The van der Waals surface area contributed by atoms with E-state index in [1.54, 1.807) is 16.7 Å². The second-order valence-electron chi connectivity index (χ2n) is 8.44. The third-order valence-corrected chi connectivity index (χ3v) is 7.39. The second-order valence-corrected chi connectivity index (χ2v) is 10.0. The minimum Gasteiger partial charge on any atom is -0.452 e. The molecule has 0 bridgehead atoms. The first-order valence-electron chi connectivity index (χ1n) is 10.1. The minimum absolute atomic E-state index is 0.174. The second kappa shape index (κ2) is 8.38. The molecule has 3 atom stereocenters. The molecule has 2 heterocycles. The van der Waals surface area contributed by atoms with Crippen molar-refractivity contribution < 1.29 is 19.1 Å². The fourth-order valence-corrected chi connectivity index (χ4v) is 5.26. The van der Waals surface area contributed by atoms with Crippen LogP contribution in [0, 0.1) is 19.8 Å². The summed E-state index contributed by atoms with van der Waals surface area (Å²) in [6, 6.07) is 5.44. The van der Waals surface area contributed by atoms with Gasteiger partial charge < -0.3 is 15.0 Å². The molecule has 0 spiro atoms. The predicted octanol–water partition coefficient (Wildman–Crippen LogP) is 2.94. The summed E-state index contributed by atoms with van der Waals surface area (Å²) in [5, 5.41) is 3.03. The highest BCUT2D eigenvalue weighted by molar-refractivity contribution is 8.00. The molecule has 158 valence electrons. The average Bonchev–Trinajstić information content (AvgIpc) is 3.19. The standard InChI is InChI=1S/C22H30N2O4S/c1-6-15-10-17(28-21(15)27)20(26)24-12-29-22(4,5)18(24)19(25)23-11-16-13(2)8-7-9-14(16)3/h7-9,15,17-18H,6,10-12H2,1-5H3,(H,23,25)/t15-,17+,18-/m1/s1. The molecule has 0 aliphatic carbocycles. The van der Waals surface area contributed by atoms with Gasteiger partial charge in [0.15, 0.2) is 6.10 Å². The number of nitrogens with one attached hydrogen (secondary N) is 1. The lowest BCUT2D eigenvalue weighted by molar-refractivity contribution is -0.155. The molecular formula is C22H30N2O4S. The predicted molar refractivity (Wildman–Crippen MR) is 113 cm³/mol. The SMILES string of the molecule is CC[C@@H]1C[C@@H](C(=O)N2CSC(C)(C)[C@H]2C(=O)NCc2c(C)cccc2C)OC1=O. The maximum atomic E-state index is 13.1. The summed E-state index contributed by atoms with van der Waals surface area (Å²) in [4.78, 5) is 39.7. The van der Waals surface area contributed by atoms with Crippen molar-refractivity contribution >= 4 is 29.5 Å². The number of carbonyl (C=O) groups excluding carboxylic acids is 3. The van der Waals surface area contributed by atoms with Crippen LogP contribution in [-0.2, 0) is 25.7 Å². The van der Waals surface area contributed by atoms with Crippen LogP contribution in [0.1, 0.15) is 50.3 Å². The summed E-state index contributed by atoms with van der Waals surface area (Å²) in [5.41, 5.74) is 3.35. The number of cyclic esters (lactones) is 1. The summed E-state index contributed by atoms with van der Waals surface area (Å²) < 4.78 is 4.90. The van der Waals surface area contributed by atoms with E-state index in [-0.39, 0.29) is 23.7 Å². The number of amides is 2. The van der Waals surface area contributed by atoms with Gasteiger partial charge in [-0.1, -0.05) is 25.1 Å². The van der Waals surface area contributed by atoms with Gasteiger partial charge in [0.05, 0.1) is 11.8 Å². The maximum absolute atomic E-state index is 13.1. The van der Waals surface area contributed by atoms with Gasteiger partial charge in [0.2, 0.25) is 5.91 Å². The van der Waals surface area contributed by atoms with Gasteiger partial charge in [-0.25, -0.2) is 0 Å². The molecule has 2 aliphatic heterocycles. The average molecular weight is 419 g/mol. The van der Waals surface area contributed by atoms with Crippen molar-refractivity contribution in [1.82, 2.24) is 10.2 Å². The highest BCUT2D eigenvalue weighted by atomic mass is 32.2. The first kappa shape index (κ1) is 21.7. The lowest BCUT2D eigenvalue weighted by Crippen LogP contribution is -2.55. The quantitative estimate of drug-likeness (QED) is 0.744. The molecule has 0 unspecified atom stereocenters. The minimum atomic E-state index is -0.782. The number of nitrogens with zero attached hydrogens (tertiary/aromatic N) is 1. The number of esters is 1. The van der Waals surface area contributed by atoms with Crippen molar-refractivity contribution in [1.29, 1.82) is 0 Å². The van der Waals surface area contributed by atoms with Crippen LogP contribution in [0.15, 0.2) is 18.2 Å². The third-order valence-electron chi connectivity index (χ3n) is 6.02. The molecule has 1 aromatic carbocycles. The number of ether oxygens (including phenoxy) is 1. The first-order valence-corrected chi connectivity index (χ1v) is 11.1. The largest absolute Gasteiger partial charge is 0.452 e. The molecule has 2 aliphatic rings. The molecule has 6 nitrogen and oxygen atoms in total. The molecule has 29 heavy (non-hydrogen) atoms. The van der Waals surface area contributed by atoms with Gasteiger partial charge in [-0.2, -0.15) is 0 Å². The summed E-state index contributed by atoms with van der Waals surface area (Å²) in [6.07, 6.45) is 0.269. The van der Waals surface area contributed by atoms with Crippen LogP contribution in [0.2, 0.25) is 0 Å². The van der Waals surface area contributed by atoms with E-state index in [9.17, 15) is 14.4 Å². The molecule has 7 heteroatoms. The van der Waals surface area contributed by atoms with Gasteiger partial charge in [0.1, 0.15) is 6.04 Å². The van der Waals surface area contributed by atoms with E-state index in [0.29, 0.717) is 25.3 Å². The number of benzene rings is 1. The van der Waals surface area contributed by atoms with E-state index < -0.39 is 16.9 Å². The highest BCUT2D eigenvalue weighted by Gasteiger charge is 2.51. The van der Waals surface area contributed by atoms with E-state index >= 15 is 0 Å². The Hall–Kier alpha value is -2.02. The molecule has 1 N–H and O–H groups in total. The van der Waals surface area contributed by atoms with Crippen LogP contribution in [0.4, 0.5) is 0 Å². The normalized spacial score (nSPS) is 25.8. The topological polar surface area (TPSA) is 75.7 Å². The van der Waals surface area contributed by atoms with Crippen LogP contribution in [0.25, 0.3) is 0 Å². The number of aryl methyl sites for hydroxylation is 2. The molecule has 2 saturated heterocycles. The Morgan fingerprint density at radius 3 is 2.52 bits per heavy atom. The van der Waals surface area contributed by atoms with Crippen molar-refractivity contribution in [2.24, 2.45) is 5.92 Å². The third kappa shape index (κ3) is 4.29. The van der Waals surface area contributed by atoms with E-state index in [4.69, 9.17) is 4.74 Å². The molecule has 2 fully saturated rings. The number of hydrogen-bond donors (Lipinski definition) is 1. The van der Waals surface area contributed by atoms with Gasteiger partial charge in [0.25, 0.3) is 5.91 Å². The fourth-order valence-electron chi connectivity index (χ4n) is 4.12. The van der Waals surface area contributed by atoms with Crippen LogP contribution >= 0.6 is 11.8 Å². The fraction of sp³-hybridized carbons (Fsp3) is 0.591. The van der Waals surface area contributed by atoms with Gasteiger partial charge >= 0.3 is 5.97 Å². The van der Waals surface area contributed by atoms with Crippen LogP contribution in [0.5, 0.6) is 0 Å². The van der Waals surface area contributed by atoms with E-state index in [0.717, 1.165) is 16.7 Å². The number of hydrogen-bond acceptors (Lipinski definition) is 5. The lowest BCUT2D eigenvalue weighted by atomic mass is 9.98. The summed E-state index contributed by atoms with van der Waals surface area (Å²) in [7, 11) is 0. The zero-order valence-corrected chi connectivity index (χ0v) is 18.6. The number of carbonyl (C=O) groups is 3. The van der Waals surface area contributed by atoms with Gasteiger partial charge in [-0.15, -0.1) is 11.8 Å². The van der Waals surface area contributed by atoms with Crippen molar-refractivity contribution in [3.63, 3.8) is 0 Å². The van der Waals surface area contributed by atoms with Gasteiger partial charge in [-0.05, 0) is 50.8 Å². The Balaban J connectivity index is 1.73. The molecule has 2 amide bonds. The van der Waals surface area contributed by atoms with Crippen molar-refractivity contribution in [3.8, 4) is 0 Å². The maximum Gasteiger partial charge on any atom is 0.309 e. The van der Waals surface area contributed by atoms with Crippen molar-refractivity contribution in [2.45, 2.75) is 70.9 Å². The van der Waals surface area contributed by atoms with E-state index in [2.05, 4.69) is 5.32 Å². The van der Waals surface area contributed by atoms with Gasteiger partial charge in [0, 0.05) is 17.7 Å². The van der Waals surface area contributed by atoms with E-state index in [1.165, 1.54) is 0 Å². The number of thioether (sulfide) groups is 1. The zero-order valence-electron chi connectivity index (χ0n) is 17.8. The molecular weight excluding hydrogens is 388 g/mol. The van der Waals surface area contributed by atoms with Crippen LogP contribution in [0.3, 0.4) is 0 Å². The molecule has 3 rings (SSSR count). The Morgan fingerprint density at radius 1 is 1.28 bits per heavy atom. The summed E-state index contributed by atoms with van der Waals surface area (Å²) >= 11 is 1.57. The molecule has 0 radical (unpaired) electrons. The Labute approximate surface area is 176 Å². The lowest BCUT2D eigenvalue weighted by Gasteiger charge is -2.31. The summed E-state index contributed by atoms with van der Waals surface area (Å²) in [5.74, 6) is -0.568. The van der Waals surface area contributed by atoms with Crippen LogP contribution < -0.4 is 5.32 Å². The van der Waals surface area contributed by atoms with Crippen LogP contribution in [-0.4, -0.2) is 45.5 Å².